The van der Waals surface area contributed by atoms with Crippen LogP contribution in [0.5, 0.6) is 0 Å². The Kier molecular flexibility index (Phi) is 3.58. The molecule has 0 saturated carbocycles. The molecule has 1 aromatic heterocycles. The lowest BCUT2D eigenvalue weighted by Crippen LogP contribution is -2.19. The van der Waals surface area contributed by atoms with E-state index in [0.717, 1.165) is 25.2 Å². The highest BCUT2D eigenvalue weighted by atomic mass is 35.5. The van der Waals surface area contributed by atoms with Crippen molar-refractivity contribution in [3.63, 3.8) is 0 Å². The molecule has 1 aliphatic rings. The minimum absolute atomic E-state index is 0.179. The lowest BCUT2D eigenvalue weighted by atomic mass is 10.0. The predicted molar refractivity (Wildman–Crippen MR) is 76.3 cm³/mol. The molecule has 0 amide bonds. The van der Waals surface area contributed by atoms with E-state index in [-0.39, 0.29) is 6.04 Å². The number of hydrogen-bond donors (Lipinski definition) is 1. The zero-order valence-electron chi connectivity index (χ0n) is 11.2. The number of nitrogens with zero attached hydrogens (tertiary/aromatic N) is 4. The SMILES string of the molecule is CC(C1CCOC1)n1nnnc1-c1ccc(N)c(Cl)c1. The van der Waals surface area contributed by atoms with Gasteiger partial charge in [0.25, 0.3) is 0 Å². The molecule has 106 valence electrons. The van der Waals surface area contributed by atoms with Gasteiger partial charge in [0.2, 0.25) is 0 Å². The molecule has 2 unspecified atom stereocenters. The van der Waals surface area contributed by atoms with Gasteiger partial charge in [-0.05, 0) is 42.0 Å². The zero-order valence-corrected chi connectivity index (χ0v) is 11.9. The van der Waals surface area contributed by atoms with E-state index in [9.17, 15) is 0 Å². The van der Waals surface area contributed by atoms with Gasteiger partial charge >= 0.3 is 0 Å². The molecule has 1 aliphatic heterocycles. The van der Waals surface area contributed by atoms with Crippen LogP contribution in [0.15, 0.2) is 18.2 Å². The Morgan fingerprint density at radius 3 is 3.05 bits per heavy atom. The number of aromatic nitrogens is 4. The molecule has 2 N–H and O–H groups in total. The van der Waals surface area contributed by atoms with Crippen molar-refractivity contribution < 1.29 is 4.74 Å². The third-order valence-electron chi connectivity index (χ3n) is 3.78. The normalized spacial score (nSPS) is 20.2. The maximum absolute atomic E-state index is 6.07. The number of halogens is 1. The van der Waals surface area contributed by atoms with Crippen molar-refractivity contribution in [2.45, 2.75) is 19.4 Å². The molecule has 1 saturated heterocycles. The first-order valence-electron chi connectivity index (χ1n) is 6.58. The van der Waals surface area contributed by atoms with Crippen molar-refractivity contribution >= 4 is 17.3 Å². The Balaban J connectivity index is 1.94. The van der Waals surface area contributed by atoms with Gasteiger partial charge in [0.05, 0.1) is 23.4 Å². The minimum atomic E-state index is 0.179. The number of nitrogen functional groups attached to an aromatic ring is 1. The summed E-state index contributed by atoms with van der Waals surface area (Å²) >= 11 is 6.07. The molecule has 20 heavy (non-hydrogen) atoms. The lowest BCUT2D eigenvalue weighted by Gasteiger charge is -2.18. The first-order valence-corrected chi connectivity index (χ1v) is 6.95. The maximum Gasteiger partial charge on any atom is 0.182 e. The van der Waals surface area contributed by atoms with E-state index in [4.69, 9.17) is 22.1 Å². The van der Waals surface area contributed by atoms with E-state index < -0.39 is 0 Å². The van der Waals surface area contributed by atoms with Gasteiger partial charge in [0.1, 0.15) is 0 Å². The molecular weight excluding hydrogens is 278 g/mol. The average Bonchev–Trinajstić information content (AvgIpc) is 3.11. The molecule has 0 radical (unpaired) electrons. The van der Waals surface area contributed by atoms with Crippen molar-refractivity contribution in [2.75, 3.05) is 18.9 Å². The number of nitrogens with two attached hydrogens (primary N) is 1. The van der Waals surface area contributed by atoms with E-state index in [2.05, 4.69) is 22.4 Å². The molecular formula is C13H16ClN5O. The molecule has 1 fully saturated rings. The minimum Gasteiger partial charge on any atom is -0.398 e. The van der Waals surface area contributed by atoms with Crippen LogP contribution in [0.3, 0.4) is 0 Å². The summed E-state index contributed by atoms with van der Waals surface area (Å²) in [7, 11) is 0. The van der Waals surface area contributed by atoms with Crippen LogP contribution in [0, 0.1) is 5.92 Å². The number of tetrazole rings is 1. The van der Waals surface area contributed by atoms with Crippen LogP contribution >= 0.6 is 11.6 Å². The van der Waals surface area contributed by atoms with Crippen LogP contribution in [0.2, 0.25) is 5.02 Å². The summed E-state index contributed by atoms with van der Waals surface area (Å²) in [5, 5.41) is 12.5. The topological polar surface area (TPSA) is 78.8 Å². The maximum atomic E-state index is 6.07. The second kappa shape index (κ2) is 5.38. The van der Waals surface area contributed by atoms with Crippen LogP contribution in [-0.2, 0) is 4.74 Å². The third kappa shape index (κ3) is 2.36. The summed E-state index contributed by atoms with van der Waals surface area (Å²) in [5.41, 5.74) is 7.14. The molecule has 0 bridgehead atoms. The molecule has 7 heteroatoms. The summed E-state index contributed by atoms with van der Waals surface area (Å²) in [4.78, 5) is 0. The fraction of sp³-hybridized carbons (Fsp3) is 0.462. The average molecular weight is 294 g/mol. The van der Waals surface area contributed by atoms with E-state index >= 15 is 0 Å². The summed E-state index contributed by atoms with van der Waals surface area (Å²) in [6.07, 6.45) is 1.03. The van der Waals surface area contributed by atoms with Crippen LogP contribution in [0.4, 0.5) is 5.69 Å². The highest BCUT2D eigenvalue weighted by molar-refractivity contribution is 6.33. The van der Waals surface area contributed by atoms with E-state index in [1.807, 2.05) is 10.7 Å². The van der Waals surface area contributed by atoms with Crippen LogP contribution in [-0.4, -0.2) is 33.4 Å². The first kappa shape index (κ1) is 13.3. The van der Waals surface area contributed by atoms with Gasteiger partial charge in [-0.15, -0.1) is 5.10 Å². The second-order valence-electron chi connectivity index (χ2n) is 5.05. The molecule has 2 heterocycles. The Bertz CT molecular complexity index is 609. The van der Waals surface area contributed by atoms with Gasteiger partial charge in [-0.25, -0.2) is 4.68 Å². The Morgan fingerprint density at radius 1 is 1.50 bits per heavy atom. The summed E-state index contributed by atoms with van der Waals surface area (Å²) in [6, 6.07) is 5.61. The second-order valence-corrected chi connectivity index (χ2v) is 5.45. The molecule has 3 rings (SSSR count). The number of anilines is 1. The fourth-order valence-electron chi connectivity index (χ4n) is 2.46. The smallest absolute Gasteiger partial charge is 0.182 e. The Labute approximate surface area is 121 Å². The largest absolute Gasteiger partial charge is 0.398 e. The molecule has 2 aromatic rings. The quantitative estimate of drug-likeness (QED) is 0.878. The number of benzene rings is 1. The van der Waals surface area contributed by atoms with Crippen molar-refractivity contribution in [3.05, 3.63) is 23.2 Å². The van der Waals surface area contributed by atoms with Gasteiger partial charge in [-0.1, -0.05) is 11.6 Å². The summed E-state index contributed by atoms with van der Waals surface area (Å²) in [6.45, 7) is 3.67. The predicted octanol–water partition coefficient (Wildman–Crippen LogP) is 2.17. The monoisotopic (exact) mass is 293 g/mol. The molecule has 1 aromatic carbocycles. The van der Waals surface area contributed by atoms with Crippen LogP contribution < -0.4 is 5.73 Å². The fourth-order valence-corrected chi connectivity index (χ4v) is 2.64. The van der Waals surface area contributed by atoms with Gasteiger partial charge in [-0.3, -0.25) is 0 Å². The third-order valence-corrected chi connectivity index (χ3v) is 4.11. The molecule has 0 aliphatic carbocycles. The standard InChI is InChI=1S/C13H16ClN5O/c1-8(10-4-5-20-7-10)19-13(16-17-18-19)9-2-3-12(15)11(14)6-9/h2-3,6,8,10H,4-5,7,15H2,1H3. The highest BCUT2D eigenvalue weighted by Crippen LogP contribution is 2.30. The van der Waals surface area contributed by atoms with Crippen molar-refractivity contribution in [1.29, 1.82) is 0 Å². The summed E-state index contributed by atoms with van der Waals surface area (Å²) in [5.74, 6) is 1.13. The highest BCUT2D eigenvalue weighted by Gasteiger charge is 2.26. The molecule has 2 atom stereocenters. The van der Waals surface area contributed by atoms with Crippen LogP contribution in [0.1, 0.15) is 19.4 Å². The van der Waals surface area contributed by atoms with E-state index in [1.54, 1.807) is 12.1 Å². The Morgan fingerprint density at radius 2 is 2.35 bits per heavy atom. The number of hydrogen-bond acceptors (Lipinski definition) is 5. The Hall–Kier alpha value is -1.66. The number of rotatable bonds is 3. The van der Waals surface area contributed by atoms with Crippen molar-refractivity contribution in [1.82, 2.24) is 20.2 Å². The molecule has 6 nitrogen and oxygen atoms in total. The van der Waals surface area contributed by atoms with Gasteiger partial charge in [-0.2, -0.15) is 0 Å². The molecule has 0 spiro atoms. The van der Waals surface area contributed by atoms with Gasteiger partial charge < -0.3 is 10.5 Å². The summed E-state index contributed by atoms with van der Waals surface area (Å²) < 4.78 is 7.27. The lowest BCUT2D eigenvalue weighted by molar-refractivity contribution is 0.173. The first-order chi connectivity index (χ1) is 9.66. The van der Waals surface area contributed by atoms with E-state index in [1.165, 1.54) is 0 Å². The van der Waals surface area contributed by atoms with Gasteiger partial charge in [0, 0.05) is 18.1 Å². The van der Waals surface area contributed by atoms with Crippen molar-refractivity contribution in [3.8, 4) is 11.4 Å². The zero-order chi connectivity index (χ0) is 14.1. The van der Waals surface area contributed by atoms with Crippen LogP contribution in [0.25, 0.3) is 11.4 Å². The van der Waals surface area contributed by atoms with Gasteiger partial charge in [0.15, 0.2) is 5.82 Å². The number of ether oxygens (including phenoxy) is 1. The van der Waals surface area contributed by atoms with Crippen molar-refractivity contribution in [2.24, 2.45) is 5.92 Å². The van der Waals surface area contributed by atoms with E-state index in [0.29, 0.717) is 22.5 Å².